The molecule has 1 heterocycles. The zero-order valence-corrected chi connectivity index (χ0v) is 9.64. The van der Waals surface area contributed by atoms with Crippen molar-refractivity contribution < 1.29 is 0 Å². The molecule has 0 saturated heterocycles. The molecule has 3 nitrogen and oxygen atoms in total. The van der Waals surface area contributed by atoms with Crippen molar-refractivity contribution in [2.45, 2.75) is 0 Å². The number of benzene rings is 3. The van der Waals surface area contributed by atoms with Crippen molar-refractivity contribution in [3.63, 3.8) is 0 Å². The quantitative estimate of drug-likeness (QED) is 0.582. The minimum atomic E-state index is 1.00. The van der Waals surface area contributed by atoms with Gasteiger partial charge in [0.2, 0.25) is 0 Å². The highest BCUT2D eigenvalue weighted by Gasteiger charge is 2.14. The van der Waals surface area contributed by atoms with E-state index >= 15 is 0 Å². The third kappa shape index (κ3) is 1.16. The number of hydrogen-bond donors (Lipinski definition) is 2. The van der Waals surface area contributed by atoms with Crippen LogP contribution in [0.25, 0.3) is 21.5 Å². The molecular formula is C15H11N3. The number of nitrogens with one attached hydrogen (secondary N) is 2. The van der Waals surface area contributed by atoms with E-state index in [9.17, 15) is 0 Å². The van der Waals surface area contributed by atoms with Gasteiger partial charge in [0, 0.05) is 10.8 Å². The lowest BCUT2D eigenvalue weighted by molar-refractivity contribution is 1.13. The van der Waals surface area contributed by atoms with Gasteiger partial charge in [0.1, 0.15) is 6.34 Å². The highest BCUT2D eigenvalue weighted by molar-refractivity contribution is 6.20. The molecule has 0 radical (unpaired) electrons. The van der Waals surface area contributed by atoms with Gasteiger partial charge in [0.25, 0.3) is 0 Å². The number of hydrogen-bond acceptors (Lipinski definition) is 3. The SMILES string of the molecule is C1=Nc2c(c3ccccc3c3ccccc23)NN1. The van der Waals surface area contributed by atoms with Gasteiger partial charge in [-0.25, -0.2) is 4.99 Å². The van der Waals surface area contributed by atoms with Crippen LogP contribution >= 0.6 is 0 Å². The Hall–Kier alpha value is -2.55. The van der Waals surface area contributed by atoms with Crippen molar-refractivity contribution in [1.29, 1.82) is 0 Å². The molecule has 0 atom stereocenters. The second-order valence-electron chi connectivity index (χ2n) is 4.34. The molecule has 3 heteroatoms. The highest BCUT2D eigenvalue weighted by atomic mass is 15.4. The molecule has 3 aromatic rings. The zero-order valence-electron chi connectivity index (χ0n) is 9.64. The Morgan fingerprint density at radius 1 is 0.722 bits per heavy atom. The van der Waals surface area contributed by atoms with E-state index < -0.39 is 0 Å². The van der Waals surface area contributed by atoms with E-state index in [0.717, 1.165) is 11.4 Å². The molecule has 2 N–H and O–H groups in total. The Morgan fingerprint density at radius 2 is 1.33 bits per heavy atom. The number of rotatable bonds is 0. The van der Waals surface area contributed by atoms with Crippen LogP contribution in [0, 0.1) is 0 Å². The highest BCUT2D eigenvalue weighted by Crippen LogP contribution is 2.41. The largest absolute Gasteiger partial charge is 0.297 e. The summed E-state index contributed by atoms with van der Waals surface area (Å²) in [6, 6.07) is 16.8. The molecule has 0 aromatic heterocycles. The first-order valence-electron chi connectivity index (χ1n) is 5.93. The third-order valence-corrected chi connectivity index (χ3v) is 3.36. The van der Waals surface area contributed by atoms with Crippen LogP contribution < -0.4 is 10.9 Å². The summed E-state index contributed by atoms with van der Waals surface area (Å²) in [5.74, 6) is 0. The van der Waals surface area contributed by atoms with E-state index in [1.165, 1.54) is 21.5 Å². The van der Waals surface area contributed by atoms with Gasteiger partial charge in [0.05, 0.1) is 11.4 Å². The maximum absolute atomic E-state index is 4.47. The zero-order chi connectivity index (χ0) is 11.9. The molecule has 3 aromatic carbocycles. The van der Waals surface area contributed by atoms with Crippen molar-refractivity contribution >= 4 is 39.3 Å². The van der Waals surface area contributed by atoms with Gasteiger partial charge >= 0.3 is 0 Å². The van der Waals surface area contributed by atoms with Crippen LogP contribution in [0.5, 0.6) is 0 Å². The molecule has 1 aliphatic heterocycles. The molecule has 4 rings (SSSR count). The normalized spacial score (nSPS) is 13.1. The Morgan fingerprint density at radius 3 is 2.11 bits per heavy atom. The van der Waals surface area contributed by atoms with Crippen LogP contribution in [-0.4, -0.2) is 6.34 Å². The molecule has 0 bridgehead atoms. The maximum Gasteiger partial charge on any atom is 0.107 e. The smallest absolute Gasteiger partial charge is 0.107 e. The monoisotopic (exact) mass is 233 g/mol. The minimum Gasteiger partial charge on any atom is -0.297 e. The lowest BCUT2D eigenvalue weighted by Crippen LogP contribution is -2.22. The van der Waals surface area contributed by atoms with Gasteiger partial charge in [0.15, 0.2) is 0 Å². The minimum absolute atomic E-state index is 1.00. The molecule has 18 heavy (non-hydrogen) atoms. The number of aliphatic imine (C=N–C) groups is 1. The molecular weight excluding hydrogens is 222 g/mol. The first-order valence-corrected chi connectivity index (χ1v) is 5.93. The van der Waals surface area contributed by atoms with E-state index in [1.54, 1.807) is 6.34 Å². The van der Waals surface area contributed by atoms with Gasteiger partial charge in [-0.15, -0.1) is 0 Å². The fourth-order valence-electron chi connectivity index (χ4n) is 2.58. The number of anilines is 1. The Balaban J connectivity index is 2.33. The molecule has 0 saturated carbocycles. The first kappa shape index (κ1) is 9.48. The topological polar surface area (TPSA) is 36.4 Å². The third-order valence-electron chi connectivity index (χ3n) is 3.36. The van der Waals surface area contributed by atoms with Gasteiger partial charge in [-0.05, 0) is 10.8 Å². The van der Waals surface area contributed by atoms with E-state index in [4.69, 9.17) is 0 Å². The average Bonchev–Trinajstić information content (AvgIpc) is 2.48. The van der Waals surface area contributed by atoms with Crippen LogP contribution in [0.2, 0.25) is 0 Å². The van der Waals surface area contributed by atoms with E-state index in [0.29, 0.717) is 0 Å². The van der Waals surface area contributed by atoms with Gasteiger partial charge in [-0.3, -0.25) is 10.9 Å². The Kier molecular flexibility index (Phi) is 1.83. The van der Waals surface area contributed by atoms with E-state index in [1.807, 2.05) is 0 Å². The molecule has 0 amide bonds. The second kappa shape index (κ2) is 3.47. The number of hydrazine groups is 1. The van der Waals surface area contributed by atoms with Crippen LogP contribution in [0.15, 0.2) is 53.5 Å². The Labute approximate surface area is 104 Å². The molecule has 1 aliphatic rings. The summed E-state index contributed by atoms with van der Waals surface area (Å²) >= 11 is 0. The summed E-state index contributed by atoms with van der Waals surface area (Å²) in [5.41, 5.74) is 8.21. The standard InChI is InChI=1S/C15H11N3/c1-3-7-12-10(5-1)11-6-2-4-8-13(11)15-14(12)16-9-17-18-15/h1-9,18H,(H,16,17). The number of fused-ring (bicyclic) bond motifs is 6. The van der Waals surface area contributed by atoms with Crippen LogP contribution in [0.4, 0.5) is 11.4 Å². The lowest BCUT2D eigenvalue weighted by Gasteiger charge is -2.18. The van der Waals surface area contributed by atoms with Crippen molar-refractivity contribution in [1.82, 2.24) is 5.43 Å². The summed E-state index contributed by atoms with van der Waals surface area (Å²) in [4.78, 5) is 4.47. The fraction of sp³-hybridized carbons (Fsp3) is 0. The van der Waals surface area contributed by atoms with E-state index in [2.05, 4.69) is 64.4 Å². The first-order chi connectivity index (χ1) is 8.95. The van der Waals surface area contributed by atoms with E-state index in [-0.39, 0.29) is 0 Å². The van der Waals surface area contributed by atoms with Crippen molar-refractivity contribution in [3.05, 3.63) is 48.5 Å². The van der Waals surface area contributed by atoms with Gasteiger partial charge in [-0.1, -0.05) is 48.5 Å². The van der Waals surface area contributed by atoms with Gasteiger partial charge < -0.3 is 0 Å². The summed E-state index contributed by atoms with van der Waals surface area (Å²) < 4.78 is 0. The van der Waals surface area contributed by atoms with Crippen molar-refractivity contribution in [2.75, 3.05) is 5.43 Å². The van der Waals surface area contributed by atoms with Gasteiger partial charge in [-0.2, -0.15) is 0 Å². The molecule has 0 aliphatic carbocycles. The summed E-state index contributed by atoms with van der Waals surface area (Å²) in [6.07, 6.45) is 1.68. The lowest BCUT2D eigenvalue weighted by atomic mass is 9.98. The van der Waals surface area contributed by atoms with Crippen LogP contribution in [0.3, 0.4) is 0 Å². The van der Waals surface area contributed by atoms with Crippen molar-refractivity contribution in [2.24, 2.45) is 4.99 Å². The second-order valence-corrected chi connectivity index (χ2v) is 4.34. The van der Waals surface area contributed by atoms with Crippen LogP contribution in [-0.2, 0) is 0 Å². The summed E-state index contributed by atoms with van der Waals surface area (Å²) in [6.45, 7) is 0. The van der Waals surface area contributed by atoms with Crippen molar-refractivity contribution in [3.8, 4) is 0 Å². The Bertz CT molecular complexity index is 790. The predicted molar refractivity (Wildman–Crippen MR) is 76.4 cm³/mol. The summed E-state index contributed by atoms with van der Waals surface area (Å²) in [7, 11) is 0. The number of nitrogens with zero attached hydrogens (tertiary/aromatic N) is 1. The molecule has 0 spiro atoms. The maximum atomic E-state index is 4.47. The van der Waals surface area contributed by atoms with Crippen LogP contribution in [0.1, 0.15) is 0 Å². The fourth-order valence-corrected chi connectivity index (χ4v) is 2.58. The molecule has 0 unspecified atom stereocenters. The average molecular weight is 233 g/mol. The molecule has 86 valence electrons. The predicted octanol–water partition coefficient (Wildman–Crippen LogP) is 3.58. The summed E-state index contributed by atoms with van der Waals surface area (Å²) in [5, 5.41) is 4.86. The molecule has 0 fully saturated rings.